The molecule has 0 amide bonds. The average Bonchev–Trinajstić information content (AvgIpc) is 2.46. The van der Waals surface area contributed by atoms with Crippen molar-refractivity contribution < 1.29 is 5.11 Å². The molecule has 0 radical (unpaired) electrons. The number of thiazole rings is 1. The van der Waals surface area contributed by atoms with Gasteiger partial charge in [-0.2, -0.15) is 0 Å². The molecule has 0 saturated carbocycles. The van der Waals surface area contributed by atoms with Crippen LogP contribution in [0.15, 0.2) is 17.0 Å². The van der Waals surface area contributed by atoms with Crippen LogP contribution in [0.3, 0.4) is 0 Å². The maximum absolute atomic E-state index is 9.65. The maximum Gasteiger partial charge on any atom is 0.0968 e. The van der Waals surface area contributed by atoms with Gasteiger partial charge in [0.05, 0.1) is 11.1 Å². The van der Waals surface area contributed by atoms with Crippen LogP contribution in [-0.2, 0) is 6.42 Å². The van der Waals surface area contributed by atoms with Gasteiger partial charge in [0.2, 0.25) is 0 Å². The van der Waals surface area contributed by atoms with E-state index in [1.54, 1.807) is 11.3 Å². The number of aliphatic hydroxyl groups excluding tert-OH is 1. The number of rotatable bonds is 2. The highest BCUT2D eigenvalue weighted by molar-refractivity contribution is 7.09. The number of hydrogen-bond acceptors (Lipinski definition) is 3. The van der Waals surface area contributed by atoms with E-state index in [9.17, 15) is 5.11 Å². The Morgan fingerprint density at radius 1 is 1.53 bits per heavy atom. The topological polar surface area (TPSA) is 33.1 Å². The monoisotopic (exact) mass is 223 g/mol. The summed E-state index contributed by atoms with van der Waals surface area (Å²) in [5.41, 5.74) is 2.46. The van der Waals surface area contributed by atoms with E-state index >= 15 is 0 Å². The molecule has 1 unspecified atom stereocenters. The van der Waals surface area contributed by atoms with Gasteiger partial charge in [0.15, 0.2) is 0 Å². The van der Waals surface area contributed by atoms with E-state index in [1.807, 2.05) is 13.0 Å². The van der Waals surface area contributed by atoms with E-state index in [4.69, 9.17) is 0 Å². The molecule has 0 spiro atoms. The molecule has 1 aromatic rings. The first-order chi connectivity index (χ1) is 7.24. The SMILES string of the molecule is Cc1csc(CC2=CC(O)CCCC2)n1. The summed E-state index contributed by atoms with van der Waals surface area (Å²) >= 11 is 1.72. The Bertz CT molecular complexity index is 356. The fraction of sp³-hybridized carbons (Fsp3) is 0.583. The lowest BCUT2D eigenvalue weighted by molar-refractivity contribution is 0.211. The van der Waals surface area contributed by atoms with Crippen molar-refractivity contribution >= 4 is 11.3 Å². The molecule has 1 N–H and O–H groups in total. The summed E-state index contributed by atoms with van der Waals surface area (Å²) in [5.74, 6) is 0. The average molecular weight is 223 g/mol. The predicted octanol–water partition coefficient (Wildman–Crippen LogP) is 2.86. The Hall–Kier alpha value is -0.670. The molecular formula is C12H17NOS. The molecule has 1 atom stereocenters. The number of aryl methyl sites for hydroxylation is 1. The van der Waals surface area contributed by atoms with E-state index in [1.165, 1.54) is 17.0 Å². The second kappa shape index (κ2) is 4.90. The highest BCUT2D eigenvalue weighted by atomic mass is 32.1. The summed E-state index contributed by atoms with van der Waals surface area (Å²) in [5, 5.41) is 12.9. The van der Waals surface area contributed by atoms with Crippen molar-refractivity contribution in [3.05, 3.63) is 27.7 Å². The third kappa shape index (κ3) is 3.14. The molecule has 82 valence electrons. The Morgan fingerprint density at radius 2 is 2.40 bits per heavy atom. The molecule has 15 heavy (non-hydrogen) atoms. The highest BCUT2D eigenvalue weighted by Crippen LogP contribution is 2.22. The van der Waals surface area contributed by atoms with Gasteiger partial charge in [0.1, 0.15) is 0 Å². The minimum absolute atomic E-state index is 0.233. The summed E-state index contributed by atoms with van der Waals surface area (Å²) in [6.45, 7) is 2.02. The second-order valence-electron chi connectivity index (χ2n) is 4.20. The van der Waals surface area contributed by atoms with Crippen LogP contribution in [0.2, 0.25) is 0 Å². The van der Waals surface area contributed by atoms with Gasteiger partial charge in [-0.15, -0.1) is 11.3 Å². The minimum Gasteiger partial charge on any atom is -0.389 e. The zero-order chi connectivity index (χ0) is 10.7. The number of hydrogen-bond donors (Lipinski definition) is 1. The molecule has 1 aliphatic carbocycles. The molecule has 0 bridgehead atoms. The van der Waals surface area contributed by atoms with Crippen LogP contribution in [0, 0.1) is 6.92 Å². The van der Waals surface area contributed by atoms with Crippen molar-refractivity contribution in [2.24, 2.45) is 0 Å². The van der Waals surface area contributed by atoms with Crippen molar-refractivity contribution in [3.8, 4) is 0 Å². The van der Waals surface area contributed by atoms with Crippen LogP contribution < -0.4 is 0 Å². The summed E-state index contributed by atoms with van der Waals surface area (Å²) < 4.78 is 0. The normalized spacial score (nSPS) is 22.3. The van der Waals surface area contributed by atoms with Crippen LogP contribution in [0.25, 0.3) is 0 Å². The van der Waals surface area contributed by atoms with E-state index in [-0.39, 0.29) is 6.10 Å². The molecule has 0 aromatic carbocycles. The Kier molecular flexibility index (Phi) is 3.54. The Labute approximate surface area is 94.7 Å². The van der Waals surface area contributed by atoms with Crippen LogP contribution in [0.5, 0.6) is 0 Å². The lowest BCUT2D eigenvalue weighted by Gasteiger charge is -2.03. The van der Waals surface area contributed by atoms with Crippen LogP contribution in [-0.4, -0.2) is 16.2 Å². The first-order valence-electron chi connectivity index (χ1n) is 5.52. The third-order valence-electron chi connectivity index (χ3n) is 2.72. The summed E-state index contributed by atoms with van der Waals surface area (Å²) in [6.07, 6.45) is 7.10. The fourth-order valence-corrected chi connectivity index (χ4v) is 2.79. The fourth-order valence-electron chi connectivity index (χ4n) is 1.97. The van der Waals surface area contributed by atoms with E-state index < -0.39 is 0 Å². The van der Waals surface area contributed by atoms with Gasteiger partial charge in [0.25, 0.3) is 0 Å². The number of aliphatic hydroxyl groups is 1. The molecule has 1 heterocycles. The summed E-state index contributed by atoms with van der Waals surface area (Å²) in [4.78, 5) is 4.46. The first-order valence-corrected chi connectivity index (χ1v) is 6.40. The molecule has 1 aliphatic rings. The first kappa shape index (κ1) is 10.8. The van der Waals surface area contributed by atoms with Gasteiger partial charge in [-0.25, -0.2) is 4.98 Å². The van der Waals surface area contributed by atoms with Gasteiger partial charge >= 0.3 is 0 Å². The van der Waals surface area contributed by atoms with E-state index in [2.05, 4.69) is 10.4 Å². The zero-order valence-electron chi connectivity index (χ0n) is 9.07. The highest BCUT2D eigenvalue weighted by Gasteiger charge is 2.10. The van der Waals surface area contributed by atoms with Crippen molar-refractivity contribution in [3.63, 3.8) is 0 Å². The van der Waals surface area contributed by atoms with Gasteiger partial charge in [-0.05, 0) is 26.2 Å². The predicted molar refractivity (Wildman–Crippen MR) is 63.1 cm³/mol. The van der Waals surface area contributed by atoms with Crippen LogP contribution in [0.1, 0.15) is 36.4 Å². The molecular weight excluding hydrogens is 206 g/mol. The lowest BCUT2D eigenvalue weighted by Crippen LogP contribution is -2.01. The Balaban J connectivity index is 2.04. The molecule has 2 nitrogen and oxygen atoms in total. The van der Waals surface area contributed by atoms with Crippen molar-refractivity contribution in [1.82, 2.24) is 4.98 Å². The number of aromatic nitrogens is 1. The molecule has 1 aromatic heterocycles. The maximum atomic E-state index is 9.65. The van der Waals surface area contributed by atoms with Gasteiger partial charge in [-0.1, -0.05) is 18.1 Å². The van der Waals surface area contributed by atoms with Crippen molar-refractivity contribution in [1.29, 1.82) is 0 Å². The van der Waals surface area contributed by atoms with Crippen molar-refractivity contribution in [2.75, 3.05) is 0 Å². The minimum atomic E-state index is -0.233. The van der Waals surface area contributed by atoms with Gasteiger partial charge < -0.3 is 5.11 Å². The molecule has 2 rings (SSSR count). The van der Waals surface area contributed by atoms with Crippen LogP contribution >= 0.6 is 11.3 Å². The molecule has 0 fully saturated rings. The molecule has 0 aliphatic heterocycles. The summed E-state index contributed by atoms with van der Waals surface area (Å²) in [7, 11) is 0. The van der Waals surface area contributed by atoms with Gasteiger partial charge in [0, 0.05) is 17.5 Å². The lowest BCUT2D eigenvalue weighted by atomic mass is 10.1. The van der Waals surface area contributed by atoms with Crippen LogP contribution in [0.4, 0.5) is 0 Å². The number of allylic oxidation sites excluding steroid dienone is 1. The van der Waals surface area contributed by atoms with Crippen molar-refractivity contribution in [2.45, 2.75) is 45.1 Å². The number of nitrogens with zero attached hydrogens (tertiary/aromatic N) is 1. The quantitative estimate of drug-likeness (QED) is 0.782. The molecule has 3 heteroatoms. The van der Waals surface area contributed by atoms with E-state index in [0.717, 1.165) is 31.4 Å². The largest absolute Gasteiger partial charge is 0.389 e. The Morgan fingerprint density at radius 3 is 3.13 bits per heavy atom. The standard InChI is InChI=1S/C12H17NOS/c1-9-8-15-12(13-9)7-10-4-2-3-5-11(14)6-10/h6,8,11,14H,2-5,7H2,1H3. The zero-order valence-corrected chi connectivity index (χ0v) is 9.89. The second-order valence-corrected chi connectivity index (χ2v) is 5.14. The van der Waals surface area contributed by atoms with E-state index in [0.29, 0.717) is 0 Å². The van der Waals surface area contributed by atoms with Gasteiger partial charge in [-0.3, -0.25) is 0 Å². The summed E-state index contributed by atoms with van der Waals surface area (Å²) in [6, 6.07) is 0. The smallest absolute Gasteiger partial charge is 0.0968 e. The molecule has 0 saturated heterocycles. The third-order valence-corrected chi connectivity index (χ3v) is 3.69.